The highest BCUT2D eigenvalue weighted by Crippen LogP contribution is 2.52. The van der Waals surface area contributed by atoms with Gasteiger partial charge < -0.3 is 9.47 Å². The van der Waals surface area contributed by atoms with Gasteiger partial charge in [-0.2, -0.15) is 0 Å². The van der Waals surface area contributed by atoms with Crippen molar-refractivity contribution < 1.29 is 19.1 Å². The third-order valence-electron chi connectivity index (χ3n) is 8.50. The first-order chi connectivity index (χ1) is 19.4. The van der Waals surface area contributed by atoms with Gasteiger partial charge in [-0.3, -0.25) is 14.6 Å². The highest BCUT2D eigenvalue weighted by molar-refractivity contribution is 6.30. The average Bonchev–Trinajstić information content (AvgIpc) is 2.98. The number of nitrogens with zero attached hydrogens (tertiary/aromatic N) is 1. The molecule has 1 heterocycles. The molecule has 6 rings (SSSR count). The summed E-state index contributed by atoms with van der Waals surface area (Å²) in [5, 5.41) is 2.26. The smallest absolute Gasteiger partial charge is 0.162 e. The SMILES string of the molecule is COc1ccc(C2CC(=O)C3=C(C2)N(N)C2=C(C(=O)CC(c4ccc(OC)cc4)C2)C3c2ccc(Cl)cc2)cc1. The Labute approximate surface area is 239 Å². The fourth-order valence-electron chi connectivity index (χ4n) is 6.45. The number of halogens is 1. The van der Waals surface area contributed by atoms with Gasteiger partial charge in [0.05, 0.1) is 14.2 Å². The monoisotopic (exact) mass is 554 g/mol. The number of benzene rings is 3. The standard InChI is InChI=1S/C33H31ClN2O4/c1-39-25-11-5-19(6-12-25)22-15-27-32(29(37)17-22)31(21-3-9-24(34)10-4-21)33-28(36(27)35)16-23(18-30(33)38)20-7-13-26(40-2)14-8-20/h3-14,22-23,31H,15-18,35H2,1-2H3. The van der Waals surface area contributed by atoms with Crippen molar-refractivity contribution in [3.05, 3.63) is 117 Å². The molecule has 6 nitrogen and oxygen atoms in total. The largest absolute Gasteiger partial charge is 0.497 e. The van der Waals surface area contributed by atoms with Gasteiger partial charge in [-0.25, -0.2) is 5.84 Å². The van der Waals surface area contributed by atoms with Crippen LogP contribution in [-0.4, -0.2) is 30.8 Å². The molecular formula is C33H31ClN2O4. The zero-order valence-electron chi connectivity index (χ0n) is 22.5. The van der Waals surface area contributed by atoms with Crippen molar-refractivity contribution in [3.8, 4) is 11.5 Å². The van der Waals surface area contributed by atoms with Crippen molar-refractivity contribution in [1.82, 2.24) is 5.01 Å². The number of nitrogens with two attached hydrogens (primary N) is 1. The van der Waals surface area contributed by atoms with E-state index in [4.69, 9.17) is 26.9 Å². The van der Waals surface area contributed by atoms with E-state index in [0.717, 1.165) is 39.6 Å². The van der Waals surface area contributed by atoms with Crippen molar-refractivity contribution in [2.45, 2.75) is 43.4 Å². The zero-order valence-corrected chi connectivity index (χ0v) is 23.3. The van der Waals surface area contributed by atoms with Gasteiger partial charge >= 0.3 is 0 Å². The summed E-state index contributed by atoms with van der Waals surface area (Å²) in [6.07, 6.45) is 1.92. The summed E-state index contributed by atoms with van der Waals surface area (Å²) < 4.78 is 10.6. The molecule has 0 fully saturated rings. The molecule has 3 aromatic rings. The highest BCUT2D eigenvalue weighted by atomic mass is 35.5. The number of rotatable bonds is 5. The minimum Gasteiger partial charge on any atom is -0.497 e. The molecule has 3 aromatic carbocycles. The minimum atomic E-state index is -0.462. The first-order valence-electron chi connectivity index (χ1n) is 13.5. The van der Waals surface area contributed by atoms with Gasteiger partial charge in [0.15, 0.2) is 11.6 Å². The molecule has 1 aliphatic heterocycles. The molecular weight excluding hydrogens is 524 g/mol. The number of hydrazine groups is 1. The highest BCUT2D eigenvalue weighted by Gasteiger charge is 2.46. The van der Waals surface area contributed by atoms with Crippen LogP contribution in [0.5, 0.6) is 11.5 Å². The first kappa shape index (κ1) is 26.4. The van der Waals surface area contributed by atoms with Crippen molar-refractivity contribution in [3.63, 3.8) is 0 Å². The van der Waals surface area contributed by atoms with Crippen LogP contribution < -0.4 is 15.3 Å². The van der Waals surface area contributed by atoms with Gasteiger partial charge in [0.25, 0.3) is 0 Å². The Bertz CT molecular complexity index is 1430. The topological polar surface area (TPSA) is 81.9 Å². The van der Waals surface area contributed by atoms with E-state index in [1.807, 2.05) is 72.8 Å². The lowest BCUT2D eigenvalue weighted by molar-refractivity contribution is -0.117. The van der Waals surface area contributed by atoms with Gasteiger partial charge in [0.2, 0.25) is 0 Å². The summed E-state index contributed by atoms with van der Waals surface area (Å²) >= 11 is 6.22. The van der Waals surface area contributed by atoms with Gasteiger partial charge in [-0.1, -0.05) is 48.0 Å². The molecule has 0 aromatic heterocycles. The fraction of sp³-hybridized carbons (Fsp3) is 0.273. The normalized spacial score (nSPS) is 22.7. The Morgan fingerprint density at radius 3 is 1.45 bits per heavy atom. The van der Waals surface area contributed by atoms with Crippen LogP contribution in [-0.2, 0) is 9.59 Å². The maximum absolute atomic E-state index is 13.9. The lowest BCUT2D eigenvalue weighted by Gasteiger charge is -2.44. The lowest BCUT2D eigenvalue weighted by Crippen LogP contribution is -2.44. The van der Waals surface area contributed by atoms with Crippen LogP contribution in [0.15, 0.2) is 95.3 Å². The Balaban J connectivity index is 1.43. The Kier molecular flexibility index (Phi) is 6.99. The third kappa shape index (κ3) is 4.61. The molecule has 2 aliphatic carbocycles. The van der Waals surface area contributed by atoms with E-state index in [1.54, 1.807) is 19.2 Å². The molecule has 0 radical (unpaired) electrons. The number of ether oxygens (including phenoxy) is 2. The van der Waals surface area contributed by atoms with E-state index < -0.39 is 5.92 Å². The van der Waals surface area contributed by atoms with E-state index in [-0.39, 0.29) is 23.4 Å². The molecule has 0 saturated heterocycles. The predicted molar refractivity (Wildman–Crippen MR) is 154 cm³/mol. The number of allylic oxidation sites excluding steroid dienone is 4. The first-order valence-corrected chi connectivity index (χ1v) is 13.9. The van der Waals surface area contributed by atoms with E-state index in [2.05, 4.69) is 0 Å². The van der Waals surface area contributed by atoms with E-state index in [0.29, 0.717) is 41.9 Å². The molecule has 0 saturated carbocycles. The van der Waals surface area contributed by atoms with Crippen LogP contribution in [0.1, 0.15) is 60.1 Å². The number of hydrogen-bond donors (Lipinski definition) is 1. The molecule has 40 heavy (non-hydrogen) atoms. The second-order valence-electron chi connectivity index (χ2n) is 10.7. The Morgan fingerprint density at radius 1 is 0.650 bits per heavy atom. The van der Waals surface area contributed by atoms with Crippen molar-refractivity contribution in [2.24, 2.45) is 5.84 Å². The van der Waals surface area contributed by atoms with Crippen LogP contribution in [0.4, 0.5) is 0 Å². The molecule has 0 bridgehead atoms. The molecule has 2 N–H and O–H groups in total. The summed E-state index contributed by atoms with van der Waals surface area (Å²) in [5.41, 5.74) is 5.84. The van der Waals surface area contributed by atoms with Crippen molar-refractivity contribution in [2.75, 3.05) is 14.2 Å². The molecule has 2 unspecified atom stereocenters. The summed E-state index contributed by atoms with van der Waals surface area (Å²) in [6, 6.07) is 23.2. The second kappa shape index (κ2) is 10.6. The fourth-order valence-corrected chi connectivity index (χ4v) is 6.58. The minimum absolute atomic E-state index is 0.0205. The number of hydrogen-bond acceptors (Lipinski definition) is 6. The number of carbonyl (C=O) groups is 2. The summed E-state index contributed by atoms with van der Waals surface area (Å²) in [7, 11) is 3.27. The van der Waals surface area contributed by atoms with Crippen LogP contribution in [0.3, 0.4) is 0 Å². The van der Waals surface area contributed by atoms with E-state index >= 15 is 0 Å². The maximum atomic E-state index is 13.9. The summed E-state index contributed by atoms with van der Waals surface area (Å²) in [4.78, 5) is 27.8. The second-order valence-corrected chi connectivity index (χ2v) is 11.1. The molecule has 2 atom stereocenters. The van der Waals surface area contributed by atoms with Crippen LogP contribution in [0.2, 0.25) is 5.02 Å². The Hall–Kier alpha value is -3.87. The van der Waals surface area contributed by atoms with Crippen LogP contribution in [0, 0.1) is 0 Å². The van der Waals surface area contributed by atoms with Crippen LogP contribution >= 0.6 is 11.6 Å². The molecule has 204 valence electrons. The number of ketones is 2. The van der Waals surface area contributed by atoms with Gasteiger partial charge in [0.1, 0.15) is 11.5 Å². The maximum Gasteiger partial charge on any atom is 0.162 e. The number of methoxy groups -OCH3 is 2. The predicted octanol–water partition coefficient (Wildman–Crippen LogP) is 6.43. The third-order valence-corrected chi connectivity index (χ3v) is 8.75. The molecule has 3 aliphatic rings. The molecule has 0 spiro atoms. The van der Waals surface area contributed by atoms with E-state index in [9.17, 15) is 9.59 Å². The summed E-state index contributed by atoms with van der Waals surface area (Å²) in [6.45, 7) is 0. The number of Topliss-reactive ketones (excluding diaryl/α,β-unsaturated/α-hetero) is 2. The summed E-state index contributed by atoms with van der Waals surface area (Å²) in [5.74, 6) is 7.94. The van der Waals surface area contributed by atoms with Gasteiger partial charge in [0, 0.05) is 46.3 Å². The van der Waals surface area contributed by atoms with E-state index in [1.165, 1.54) is 0 Å². The average molecular weight is 555 g/mol. The molecule has 7 heteroatoms. The molecule has 0 amide bonds. The van der Waals surface area contributed by atoms with Crippen LogP contribution in [0.25, 0.3) is 0 Å². The van der Waals surface area contributed by atoms with Crippen molar-refractivity contribution in [1.29, 1.82) is 0 Å². The Morgan fingerprint density at radius 2 is 1.05 bits per heavy atom. The zero-order chi connectivity index (χ0) is 28.0. The van der Waals surface area contributed by atoms with Gasteiger partial charge in [-0.05, 0) is 77.8 Å². The lowest BCUT2D eigenvalue weighted by atomic mass is 9.67. The van der Waals surface area contributed by atoms with Gasteiger partial charge in [-0.15, -0.1) is 0 Å². The van der Waals surface area contributed by atoms with Crippen molar-refractivity contribution >= 4 is 23.2 Å². The quantitative estimate of drug-likeness (QED) is 0.366. The number of carbonyl (C=O) groups excluding carboxylic acids is 2.